The molecule has 0 unspecified atom stereocenters. The number of methoxy groups -OCH3 is 2. The first-order valence-electron chi connectivity index (χ1n) is 12.9. The fourth-order valence-electron chi connectivity index (χ4n) is 5.45. The third kappa shape index (κ3) is 5.25. The van der Waals surface area contributed by atoms with E-state index in [9.17, 15) is 14.7 Å². The van der Waals surface area contributed by atoms with E-state index in [1.54, 1.807) is 38.5 Å². The zero-order valence-electron chi connectivity index (χ0n) is 22.2. The summed E-state index contributed by atoms with van der Waals surface area (Å²) in [5, 5.41) is 13.3. The first-order valence-corrected chi connectivity index (χ1v) is 12.9. The van der Waals surface area contributed by atoms with E-state index in [0.29, 0.717) is 34.8 Å². The molecule has 0 bridgehead atoms. The second-order valence-electron chi connectivity index (χ2n) is 9.78. The van der Waals surface area contributed by atoms with E-state index in [1.165, 1.54) is 0 Å². The van der Waals surface area contributed by atoms with E-state index < -0.39 is 11.9 Å². The number of phenols is 1. The average Bonchev–Trinajstić information content (AvgIpc) is 2.95. The van der Waals surface area contributed by atoms with Gasteiger partial charge in [-0.1, -0.05) is 48.5 Å². The van der Waals surface area contributed by atoms with Crippen LogP contribution in [0.15, 0.2) is 95.3 Å². The van der Waals surface area contributed by atoms with Gasteiger partial charge in [0.15, 0.2) is 17.3 Å². The average molecular weight is 526 g/mol. The summed E-state index contributed by atoms with van der Waals surface area (Å²) in [5.41, 5.74) is 4.99. The molecule has 0 spiro atoms. The van der Waals surface area contributed by atoms with Gasteiger partial charge in [0.05, 0.1) is 19.8 Å². The van der Waals surface area contributed by atoms with Crippen molar-refractivity contribution in [3.63, 3.8) is 0 Å². The molecule has 3 aromatic rings. The highest BCUT2D eigenvalue weighted by molar-refractivity contribution is 6.04. The van der Waals surface area contributed by atoms with Gasteiger partial charge in [0, 0.05) is 29.3 Å². The maximum atomic E-state index is 13.8. The minimum absolute atomic E-state index is 0.0394. The molecular formula is C32H31NO6. The summed E-state index contributed by atoms with van der Waals surface area (Å²) in [4.78, 5) is 27.3. The number of carbonyl (C=O) groups is 2. The van der Waals surface area contributed by atoms with Crippen LogP contribution in [0.4, 0.5) is 0 Å². The predicted molar refractivity (Wildman–Crippen MR) is 146 cm³/mol. The fraction of sp³-hybridized carbons (Fsp3) is 0.250. The highest BCUT2D eigenvalue weighted by atomic mass is 16.5. The molecule has 1 aliphatic heterocycles. The number of allylic oxidation sites excluding steroid dienone is 3. The van der Waals surface area contributed by atoms with Crippen molar-refractivity contribution in [3.05, 3.63) is 112 Å². The first-order chi connectivity index (χ1) is 18.9. The van der Waals surface area contributed by atoms with Gasteiger partial charge in [-0.3, -0.25) is 4.79 Å². The fourth-order valence-corrected chi connectivity index (χ4v) is 5.45. The maximum Gasteiger partial charge on any atom is 0.337 e. The topological polar surface area (TPSA) is 94.1 Å². The van der Waals surface area contributed by atoms with Gasteiger partial charge in [-0.25, -0.2) is 4.79 Å². The van der Waals surface area contributed by atoms with Gasteiger partial charge in [0.25, 0.3) is 0 Å². The molecule has 0 fully saturated rings. The lowest BCUT2D eigenvalue weighted by Gasteiger charge is -2.36. The Balaban J connectivity index is 1.50. The number of Topliss-reactive ketones (excluding diaryl/α,β-unsaturated/α-hetero) is 1. The Labute approximate surface area is 227 Å². The molecule has 0 amide bonds. The van der Waals surface area contributed by atoms with Crippen molar-refractivity contribution in [2.24, 2.45) is 0 Å². The predicted octanol–water partition coefficient (Wildman–Crippen LogP) is 5.51. The summed E-state index contributed by atoms with van der Waals surface area (Å²) >= 11 is 0. The van der Waals surface area contributed by atoms with Gasteiger partial charge >= 0.3 is 5.97 Å². The molecule has 1 aliphatic carbocycles. The van der Waals surface area contributed by atoms with Crippen LogP contribution in [-0.4, -0.2) is 31.1 Å². The lowest BCUT2D eigenvalue weighted by Crippen LogP contribution is -2.36. The molecule has 7 heteroatoms. The molecular weight excluding hydrogens is 494 g/mol. The first kappa shape index (κ1) is 26.1. The lowest BCUT2D eigenvalue weighted by atomic mass is 9.71. The van der Waals surface area contributed by atoms with Crippen molar-refractivity contribution < 1.29 is 28.9 Å². The molecule has 3 aromatic carbocycles. The number of rotatable bonds is 7. The number of benzene rings is 3. The number of ketones is 1. The highest BCUT2D eigenvalue weighted by Crippen LogP contribution is 2.46. The Morgan fingerprint density at radius 2 is 1.62 bits per heavy atom. The molecule has 39 heavy (non-hydrogen) atoms. The van der Waals surface area contributed by atoms with E-state index in [-0.39, 0.29) is 30.5 Å². The molecule has 2 aliphatic rings. The quantitative estimate of drug-likeness (QED) is 0.393. The van der Waals surface area contributed by atoms with Crippen LogP contribution >= 0.6 is 0 Å². The van der Waals surface area contributed by atoms with Crippen molar-refractivity contribution in [2.45, 2.75) is 38.2 Å². The summed E-state index contributed by atoms with van der Waals surface area (Å²) in [7, 11) is 3.18. The smallest absolute Gasteiger partial charge is 0.337 e. The zero-order valence-corrected chi connectivity index (χ0v) is 22.2. The summed E-state index contributed by atoms with van der Waals surface area (Å²) in [6, 6.07) is 21.8. The molecule has 7 nitrogen and oxygen atoms in total. The van der Waals surface area contributed by atoms with Gasteiger partial charge < -0.3 is 24.6 Å². The molecule has 0 aromatic heterocycles. The van der Waals surface area contributed by atoms with Crippen LogP contribution in [0.5, 0.6) is 17.2 Å². The number of ether oxygens (including phenoxy) is 3. The van der Waals surface area contributed by atoms with E-state index in [4.69, 9.17) is 14.2 Å². The SMILES string of the molecule is COc1ccc([C@@H]2CC(=O)C3=C(C2)NC(C)=C(C(=O)OCc2ccccc2)[C@@H]3c2ccc(O)cc2)cc1OC. The summed E-state index contributed by atoms with van der Waals surface area (Å²) in [5.74, 6) is 0.154. The van der Waals surface area contributed by atoms with E-state index >= 15 is 0 Å². The number of hydrogen-bond donors (Lipinski definition) is 2. The molecule has 2 atom stereocenters. The Morgan fingerprint density at radius 3 is 2.31 bits per heavy atom. The Kier molecular flexibility index (Phi) is 7.41. The largest absolute Gasteiger partial charge is 0.508 e. The maximum absolute atomic E-state index is 13.8. The minimum Gasteiger partial charge on any atom is -0.508 e. The number of phenolic OH excluding ortho intramolecular Hbond substituents is 1. The Bertz CT molecular complexity index is 1460. The highest BCUT2D eigenvalue weighted by Gasteiger charge is 2.41. The Morgan fingerprint density at radius 1 is 0.923 bits per heavy atom. The molecule has 200 valence electrons. The van der Waals surface area contributed by atoms with Gasteiger partial charge in [0.2, 0.25) is 0 Å². The monoisotopic (exact) mass is 525 g/mol. The standard InChI is InChI=1S/C32H31NO6/c1-19-29(32(36)39-18-20-7-5-4-6-8-20)30(21-9-12-24(34)13-10-21)31-25(33-19)15-23(16-26(31)35)22-11-14-27(37-2)28(17-22)38-3/h4-14,17,23,30,33-34H,15-16,18H2,1-3H3/t23-,30-/m0/s1. The summed E-state index contributed by atoms with van der Waals surface area (Å²) in [6.45, 7) is 1.96. The van der Waals surface area contributed by atoms with Crippen LogP contribution < -0.4 is 14.8 Å². The van der Waals surface area contributed by atoms with Crippen LogP contribution in [0, 0.1) is 0 Å². The molecule has 1 heterocycles. The number of carbonyl (C=O) groups excluding carboxylic acids is 2. The molecule has 0 saturated heterocycles. The second-order valence-corrected chi connectivity index (χ2v) is 9.78. The van der Waals surface area contributed by atoms with E-state index in [1.807, 2.05) is 55.5 Å². The number of nitrogens with one attached hydrogen (secondary N) is 1. The van der Waals surface area contributed by atoms with E-state index in [2.05, 4.69) is 5.32 Å². The third-order valence-corrected chi connectivity index (χ3v) is 7.37. The van der Waals surface area contributed by atoms with Gasteiger partial charge in [-0.2, -0.15) is 0 Å². The van der Waals surface area contributed by atoms with Crippen molar-refractivity contribution in [3.8, 4) is 17.2 Å². The zero-order chi connectivity index (χ0) is 27.5. The van der Waals surface area contributed by atoms with Crippen molar-refractivity contribution in [1.29, 1.82) is 0 Å². The van der Waals surface area contributed by atoms with Crippen LogP contribution in [0.3, 0.4) is 0 Å². The number of aromatic hydroxyl groups is 1. The Hall–Kier alpha value is -4.52. The summed E-state index contributed by atoms with van der Waals surface area (Å²) in [6.07, 6.45) is 0.880. The van der Waals surface area contributed by atoms with Crippen LogP contribution in [0.25, 0.3) is 0 Å². The second kappa shape index (κ2) is 11.1. The minimum atomic E-state index is -0.607. The third-order valence-electron chi connectivity index (χ3n) is 7.37. The van der Waals surface area contributed by atoms with Gasteiger partial charge in [0.1, 0.15) is 12.4 Å². The van der Waals surface area contributed by atoms with Crippen molar-refractivity contribution in [1.82, 2.24) is 5.32 Å². The molecule has 2 N–H and O–H groups in total. The van der Waals surface area contributed by atoms with Crippen molar-refractivity contribution in [2.75, 3.05) is 14.2 Å². The van der Waals surface area contributed by atoms with Crippen LogP contribution in [0.2, 0.25) is 0 Å². The number of dihydropyridines is 1. The van der Waals surface area contributed by atoms with Gasteiger partial charge in [-0.05, 0) is 60.2 Å². The summed E-state index contributed by atoms with van der Waals surface area (Å²) < 4.78 is 16.6. The normalized spacial score (nSPS) is 18.8. The van der Waals surface area contributed by atoms with Crippen molar-refractivity contribution >= 4 is 11.8 Å². The molecule has 0 radical (unpaired) electrons. The molecule has 0 saturated carbocycles. The van der Waals surface area contributed by atoms with E-state index in [0.717, 1.165) is 22.4 Å². The van der Waals surface area contributed by atoms with Crippen LogP contribution in [-0.2, 0) is 20.9 Å². The lowest BCUT2D eigenvalue weighted by molar-refractivity contribution is -0.140. The van der Waals surface area contributed by atoms with Gasteiger partial charge in [-0.15, -0.1) is 0 Å². The number of esters is 1. The molecule has 5 rings (SSSR count). The van der Waals surface area contributed by atoms with Crippen LogP contribution in [0.1, 0.15) is 48.3 Å². The number of hydrogen-bond acceptors (Lipinski definition) is 7.